The zero-order valence-electron chi connectivity index (χ0n) is 11.9. The minimum absolute atomic E-state index is 0.170. The van der Waals surface area contributed by atoms with E-state index >= 15 is 0 Å². The molecule has 0 saturated heterocycles. The van der Waals surface area contributed by atoms with Gasteiger partial charge in [0.15, 0.2) is 0 Å². The summed E-state index contributed by atoms with van der Waals surface area (Å²) in [6.07, 6.45) is 0. The smallest absolute Gasteiger partial charge is 0.121 e. The van der Waals surface area contributed by atoms with Crippen LogP contribution in [0.15, 0.2) is 36.4 Å². The van der Waals surface area contributed by atoms with E-state index in [0.717, 1.165) is 22.3 Å². The molecule has 0 saturated carbocycles. The molecule has 2 aromatic carbocycles. The molecule has 2 nitrogen and oxygen atoms in total. The van der Waals surface area contributed by atoms with E-state index in [0.29, 0.717) is 5.75 Å². The molecular formula is C17H20O2. The third-order valence-electron chi connectivity index (χ3n) is 3.80. The first kappa shape index (κ1) is 13.5. The van der Waals surface area contributed by atoms with Gasteiger partial charge in [0.05, 0.1) is 0 Å². The predicted molar refractivity (Wildman–Crippen MR) is 77.8 cm³/mol. The van der Waals surface area contributed by atoms with E-state index in [9.17, 15) is 10.2 Å². The van der Waals surface area contributed by atoms with Crippen LogP contribution in [-0.4, -0.2) is 10.2 Å². The van der Waals surface area contributed by atoms with Crippen LogP contribution in [0.1, 0.15) is 36.1 Å². The van der Waals surface area contributed by atoms with Crippen LogP contribution in [0.2, 0.25) is 0 Å². The van der Waals surface area contributed by atoms with E-state index in [4.69, 9.17) is 0 Å². The SMILES string of the molecule is Cc1cc(C(C)(C)c2ccc(O)cc2)cc(C)c1O. The summed E-state index contributed by atoms with van der Waals surface area (Å²) in [6.45, 7) is 8.12. The van der Waals surface area contributed by atoms with Gasteiger partial charge in [-0.2, -0.15) is 0 Å². The van der Waals surface area contributed by atoms with E-state index in [2.05, 4.69) is 13.8 Å². The van der Waals surface area contributed by atoms with Gasteiger partial charge in [-0.1, -0.05) is 38.1 Å². The molecule has 19 heavy (non-hydrogen) atoms. The summed E-state index contributed by atoms with van der Waals surface area (Å²) in [6, 6.07) is 11.3. The second-order valence-corrected chi connectivity index (χ2v) is 5.63. The van der Waals surface area contributed by atoms with Crippen LogP contribution >= 0.6 is 0 Å². The molecule has 0 heterocycles. The topological polar surface area (TPSA) is 40.5 Å². The Morgan fingerprint density at radius 3 is 1.74 bits per heavy atom. The molecule has 0 atom stereocenters. The highest BCUT2D eigenvalue weighted by Gasteiger charge is 2.24. The summed E-state index contributed by atoms with van der Waals surface area (Å²) < 4.78 is 0. The number of phenols is 2. The lowest BCUT2D eigenvalue weighted by Gasteiger charge is -2.27. The standard InChI is InChI=1S/C17H20O2/c1-11-9-14(10-12(2)16(11)19)17(3,4)13-5-7-15(18)8-6-13/h5-10,18-19H,1-4H3. The molecule has 0 aliphatic carbocycles. The fraction of sp³-hybridized carbons (Fsp3) is 0.294. The van der Waals surface area contributed by atoms with Crippen molar-refractivity contribution in [2.45, 2.75) is 33.1 Å². The molecule has 100 valence electrons. The quantitative estimate of drug-likeness (QED) is 0.851. The number of benzene rings is 2. The Morgan fingerprint density at radius 1 is 0.789 bits per heavy atom. The summed E-state index contributed by atoms with van der Waals surface area (Å²) in [5.74, 6) is 0.642. The van der Waals surface area contributed by atoms with Crippen LogP contribution in [0.25, 0.3) is 0 Å². The largest absolute Gasteiger partial charge is 0.508 e. The molecule has 0 aliphatic rings. The summed E-state index contributed by atoms with van der Waals surface area (Å²) in [7, 11) is 0. The van der Waals surface area contributed by atoms with Gasteiger partial charge in [0.25, 0.3) is 0 Å². The van der Waals surface area contributed by atoms with Gasteiger partial charge in [-0.3, -0.25) is 0 Å². The minimum atomic E-state index is -0.170. The number of hydrogen-bond acceptors (Lipinski definition) is 2. The summed E-state index contributed by atoms with van der Waals surface area (Å²) in [5, 5.41) is 19.3. The molecule has 0 spiro atoms. The van der Waals surface area contributed by atoms with Crippen LogP contribution in [0.4, 0.5) is 0 Å². The van der Waals surface area contributed by atoms with Crippen molar-refractivity contribution in [3.63, 3.8) is 0 Å². The number of aryl methyl sites for hydroxylation is 2. The molecule has 0 amide bonds. The average Bonchev–Trinajstić information content (AvgIpc) is 2.35. The maximum atomic E-state index is 9.87. The molecule has 0 fully saturated rings. The maximum Gasteiger partial charge on any atom is 0.121 e. The third-order valence-corrected chi connectivity index (χ3v) is 3.80. The van der Waals surface area contributed by atoms with Crippen molar-refractivity contribution >= 4 is 0 Å². The predicted octanol–water partition coefficient (Wildman–Crippen LogP) is 4.04. The first-order chi connectivity index (χ1) is 8.82. The van der Waals surface area contributed by atoms with Crippen molar-refractivity contribution in [1.82, 2.24) is 0 Å². The number of hydrogen-bond donors (Lipinski definition) is 2. The van der Waals surface area contributed by atoms with Gasteiger partial charge < -0.3 is 10.2 Å². The fourth-order valence-corrected chi connectivity index (χ4v) is 2.36. The monoisotopic (exact) mass is 256 g/mol. The van der Waals surface area contributed by atoms with Crippen LogP contribution < -0.4 is 0 Å². The normalized spacial score (nSPS) is 11.6. The zero-order valence-corrected chi connectivity index (χ0v) is 11.9. The number of phenolic OH excluding ortho intramolecular Hbond substituents is 2. The number of rotatable bonds is 2. The second kappa shape index (κ2) is 4.61. The highest BCUT2D eigenvalue weighted by atomic mass is 16.3. The fourth-order valence-electron chi connectivity index (χ4n) is 2.36. The molecule has 2 N–H and O–H groups in total. The van der Waals surface area contributed by atoms with Crippen molar-refractivity contribution in [1.29, 1.82) is 0 Å². The molecule has 0 aliphatic heterocycles. The Bertz CT molecular complexity index is 572. The summed E-state index contributed by atoms with van der Waals surface area (Å²) >= 11 is 0. The lowest BCUT2D eigenvalue weighted by atomic mass is 9.77. The highest BCUT2D eigenvalue weighted by Crippen LogP contribution is 2.35. The van der Waals surface area contributed by atoms with Gasteiger partial charge in [0, 0.05) is 5.41 Å². The molecule has 0 aromatic heterocycles. The van der Waals surface area contributed by atoms with Crippen LogP contribution in [0.3, 0.4) is 0 Å². The van der Waals surface area contributed by atoms with E-state index in [-0.39, 0.29) is 11.2 Å². The lowest BCUT2D eigenvalue weighted by Crippen LogP contribution is -2.19. The van der Waals surface area contributed by atoms with Gasteiger partial charge in [0.1, 0.15) is 11.5 Å². The molecule has 0 radical (unpaired) electrons. The first-order valence-corrected chi connectivity index (χ1v) is 6.42. The third kappa shape index (κ3) is 2.43. The highest BCUT2D eigenvalue weighted by molar-refractivity contribution is 5.48. The Kier molecular flexibility index (Phi) is 3.27. The molecule has 2 heteroatoms. The van der Waals surface area contributed by atoms with Crippen molar-refractivity contribution < 1.29 is 10.2 Å². The van der Waals surface area contributed by atoms with Crippen molar-refractivity contribution in [2.75, 3.05) is 0 Å². The molecular weight excluding hydrogens is 236 g/mol. The summed E-state index contributed by atoms with van der Waals surface area (Å²) in [5.41, 5.74) is 3.90. The van der Waals surface area contributed by atoms with Crippen LogP contribution in [0, 0.1) is 13.8 Å². The molecule has 0 unspecified atom stereocenters. The zero-order chi connectivity index (χ0) is 14.2. The Labute approximate surface area is 114 Å². The van der Waals surface area contributed by atoms with E-state index in [1.165, 1.54) is 0 Å². The lowest BCUT2D eigenvalue weighted by molar-refractivity contribution is 0.465. The van der Waals surface area contributed by atoms with E-state index in [1.807, 2.05) is 38.1 Å². The number of aromatic hydroxyl groups is 2. The van der Waals surface area contributed by atoms with Crippen molar-refractivity contribution in [2.24, 2.45) is 0 Å². The van der Waals surface area contributed by atoms with Gasteiger partial charge >= 0.3 is 0 Å². The van der Waals surface area contributed by atoms with Crippen LogP contribution in [0.5, 0.6) is 11.5 Å². The van der Waals surface area contributed by atoms with Gasteiger partial charge in [0.2, 0.25) is 0 Å². The summed E-state index contributed by atoms with van der Waals surface area (Å²) in [4.78, 5) is 0. The maximum absolute atomic E-state index is 9.87. The van der Waals surface area contributed by atoms with Gasteiger partial charge in [-0.25, -0.2) is 0 Å². The average molecular weight is 256 g/mol. The molecule has 0 bridgehead atoms. The second-order valence-electron chi connectivity index (χ2n) is 5.63. The molecule has 2 rings (SSSR count). The Hall–Kier alpha value is -1.96. The van der Waals surface area contributed by atoms with E-state index in [1.54, 1.807) is 12.1 Å². The van der Waals surface area contributed by atoms with Gasteiger partial charge in [-0.15, -0.1) is 0 Å². The molecule has 2 aromatic rings. The van der Waals surface area contributed by atoms with Crippen LogP contribution in [-0.2, 0) is 5.41 Å². The Morgan fingerprint density at radius 2 is 1.26 bits per heavy atom. The minimum Gasteiger partial charge on any atom is -0.508 e. The Balaban J connectivity index is 2.52. The first-order valence-electron chi connectivity index (χ1n) is 6.42. The van der Waals surface area contributed by atoms with E-state index < -0.39 is 0 Å². The van der Waals surface area contributed by atoms with Gasteiger partial charge in [-0.05, 0) is 48.2 Å². The van der Waals surface area contributed by atoms with Crippen molar-refractivity contribution in [3.8, 4) is 11.5 Å². The van der Waals surface area contributed by atoms with Crippen molar-refractivity contribution in [3.05, 3.63) is 58.7 Å².